The van der Waals surface area contributed by atoms with Crippen molar-refractivity contribution in [2.24, 2.45) is 11.3 Å². The Morgan fingerprint density at radius 2 is 2.12 bits per heavy atom. The summed E-state index contributed by atoms with van der Waals surface area (Å²) < 4.78 is 0. The van der Waals surface area contributed by atoms with Crippen LogP contribution in [0.3, 0.4) is 0 Å². The zero-order valence-electron chi connectivity index (χ0n) is 11.2. The SMILES string of the molecule is CNc1cncc(N2CCC(C(C)(C)C)C2)n1. The molecule has 1 aliphatic rings. The van der Waals surface area contributed by atoms with Gasteiger partial charge in [-0.3, -0.25) is 4.98 Å². The Labute approximate surface area is 103 Å². The second-order valence-corrected chi connectivity index (χ2v) is 5.81. The van der Waals surface area contributed by atoms with E-state index in [1.807, 2.05) is 13.2 Å². The highest BCUT2D eigenvalue weighted by Crippen LogP contribution is 2.35. The van der Waals surface area contributed by atoms with Crippen molar-refractivity contribution in [2.75, 3.05) is 30.4 Å². The van der Waals surface area contributed by atoms with Gasteiger partial charge in [-0.05, 0) is 17.8 Å². The minimum absolute atomic E-state index is 0.378. The molecule has 2 heterocycles. The van der Waals surface area contributed by atoms with Crippen LogP contribution in [0.4, 0.5) is 11.6 Å². The predicted octanol–water partition coefficient (Wildman–Crippen LogP) is 2.39. The Kier molecular flexibility index (Phi) is 3.22. The monoisotopic (exact) mass is 234 g/mol. The smallest absolute Gasteiger partial charge is 0.149 e. The molecule has 0 amide bonds. The van der Waals surface area contributed by atoms with E-state index in [2.05, 4.69) is 41.0 Å². The van der Waals surface area contributed by atoms with Gasteiger partial charge in [0, 0.05) is 20.1 Å². The normalized spacial score (nSPS) is 20.7. The highest BCUT2D eigenvalue weighted by molar-refractivity contribution is 5.44. The van der Waals surface area contributed by atoms with Crippen molar-refractivity contribution in [3.8, 4) is 0 Å². The minimum Gasteiger partial charge on any atom is -0.372 e. The van der Waals surface area contributed by atoms with Crippen LogP contribution in [0.15, 0.2) is 12.4 Å². The maximum absolute atomic E-state index is 4.54. The first-order valence-electron chi connectivity index (χ1n) is 6.25. The maximum atomic E-state index is 4.54. The summed E-state index contributed by atoms with van der Waals surface area (Å²) in [6, 6.07) is 0. The van der Waals surface area contributed by atoms with Crippen molar-refractivity contribution in [1.29, 1.82) is 0 Å². The van der Waals surface area contributed by atoms with Gasteiger partial charge in [-0.2, -0.15) is 0 Å². The van der Waals surface area contributed by atoms with Gasteiger partial charge in [0.2, 0.25) is 0 Å². The van der Waals surface area contributed by atoms with Crippen LogP contribution in [0.5, 0.6) is 0 Å². The van der Waals surface area contributed by atoms with Crippen LogP contribution in [-0.4, -0.2) is 30.1 Å². The predicted molar refractivity (Wildman–Crippen MR) is 71.4 cm³/mol. The molecule has 1 saturated heterocycles. The Morgan fingerprint density at radius 1 is 1.35 bits per heavy atom. The molecule has 1 aromatic heterocycles. The number of anilines is 2. The van der Waals surface area contributed by atoms with E-state index >= 15 is 0 Å². The average Bonchev–Trinajstić information content (AvgIpc) is 2.78. The molecule has 1 N–H and O–H groups in total. The van der Waals surface area contributed by atoms with E-state index in [1.54, 1.807) is 6.20 Å². The van der Waals surface area contributed by atoms with Crippen LogP contribution >= 0.6 is 0 Å². The van der Waals surface area contributed by atoms with E-state index in [-0.39, 0.29) is 0 Å². The zero-order chi connectivity index (χ0) is 12.5. The summed E-state index contributed by atoms with van der Waals surface area (Å²) in [5.41, 5.74) is 0.378. The molecule has 1 unspecified atom stereocenters. The lowest BCUT2D eigenvalue weighted by Gasteiger charge is -2.27. The van der Waals surface area contributed by atoms with Crippen molar-refractivity contribution < 1.29 is 0 Å². The highest BCUT2D eigenvalue weighted by Gasteiger charge is 2.32. The summed E-state index contributed by atoms with van der Waals surface area (Å²) in [5.74, 6) is 2.56. The molecule has 2 rings (SSSR count). The number of hydrogen-bond acceptors (Lipinski definition) is 4. The fraction of sp³-hybridized carbons (Fsp3) is 0.692. The quantitative estimate of drug-likeness (QED) is 0.853. The van der Waals surface area contributed by atoms with Crippen LogP contribution in [0.2, 0.25) is 0 Å². The molecular formula is C13H22N4. The van der Waals surface area contributed by atoms with Gasteiger partial charge in [-0.25, -0.2) is 4.98 Å². The maximum Gasteiger partial charge on any atom is 0.149 e. The Balaban J connectivity index is 2.09. The lowest BCUT2D eigenvalue weighted by Crippen LogP contribution is -2.26. The molecule has 0 saturated carbocycles. The topological polar surface area (TPSA) is 41.1 Å². The lowest BCUT2D eigenvalue weighted by molar-refractivity contribution is 0.263. The van der Waals surface area contributed by atoms with Crippen molar-refractivity contribution in [3.63, 3.8) is 0 Å². The second kappa shape index (κ2) is 4.51. The summed E-state index contributed by atoms with van der Waals surface area (Å²) in [4.78, 5) is 11.1. The van der Waals surface area contributed by atoms with E-state index < -0.39 is 0 Å². The molecular weight excluding hydrogens is 212 g/mol. The van der Waals surface area contributed by atoms with Gasteiger partial charge in [0.25, 0.3) is 0 Å². The molecule has 1 fully saturated rings. The second-order valence-electron chi connectivity index (χ2n) is 5.81. The van der Waals surface area contributed by atoms with Crippen LogP contribution in [0.1, 0.15) is 27.2 Å². The fourth-order valence-electron chi connectivity index (χ4n) is 2.30. The molecule has 0 radical (unpaired) electrons. The zero-order valence-corrected chi connectivity index (χ0v) is 11.2. The Bertz CT molecular complexity index is 383. The summed E-state index contributed by atoms with van der Waals surface area (Å²) in [7, 11) is 1.87. The molecule has 0 aliphatic carbocycles. The molecule has 4 heteroatoms. The van der Waals surface area contributed by atoms with Crippen LogP contribution < -0.4 is 10.2 Å². The summed E-state index contributed by atoms with van der Waals surface area (Å²) in [6.45, 7) is 9.12. The summed E-state index contributed by atoms with van der Waals surface area (Å²) in [5, 5.41) is 3.03. The van der Waals surface area contributed by atoms with Gasteiger partial charge in [0.1, 0.15) is 11.6 Å². The van der Waals surface area contributed by atoms with E-state index in [9.17, 15) is 0 Å². The highest BCUT2D eigenvalue weighted by atomic mass is 15.2. The van der Waals surface area contributed by atoms with E-state index in [0.29, 0.717) is 5.41 Å². The van der Waals surface area contributed by atoms with Crippen LogP contribution in [0, 0.1) is 11.3 Å². The number of hydrogen-bond donors (Lipinski definition) is 1. The first kappa shape index (κ1) is 12.1. The molecule has 1 atom stereocenters. The van der Waals surface area contributed by atoms with E-state index in [1.165, 1.54) is 6.42 Å². The molecule has 4 nitrogen and oxygen atoms in total. The molecule has 0 spiro atoms. The van der Waals surface area contributed by atoms with E-state index in [4.69, 9.17) is 0 Å². The minimum atomic E-state index is 0.378. The first-order chi connectivity index (χ1) is 8.00. The third kappa shape index (κ3) is 2.68. The molecule has 0 aromatic carbocycles. The molecule has 1 aromatic rings. The third-order valence-corrected chi connectivity index (χ3v) is 3.61. The summed E-state index contributed by atoms with van der Waals surface area (Å²) in [6.07, 6.45) is 4.85. The fourth-order valence-corrected chi connectivity index (χ4v) is 2.30. The largest absolute Gasteiger partial charge is 0.372 e. The standard InChI is InChI=1S/C13H22N4/c1-13(2,3)10-5-6-17(9-10)12-8-15-7-11(14-4)16-12/h7-8,10H,5-6,9H2,1-4H3,(H,14,16). The van der Waals surface area contributed by atoms with Gasteiger partial charge in [0.15, 0.2) is 0 Å². The van der Waals surface area contributed by atoms with Crippen LogP contribution in [0.25, 0.3) is 0 Å². The number of rotatable bonds is 2. The van der Waals surface area contributed by atoms with Gasteiger partial charge < -0.3 is 10.2 Å². The molecule has 94 valence electrons. The number of aromatic nitrogens is 2. The molecule has 0 bridgehead atoms. The number of nitrogens with one attached hydrogen (secondary N) is 1. The first-order valence-corrected chi connectivity index (χ1v) is 6.25. The van der Waals surface area contributed by atoms with Gasteiger partial charge in [-0.1, -0.05) is 20.8 Å². The van der Waals surface area contributed by atoms with Crippen molar-refractivity contribution in [1.82, 2.24) is 9.97 Å². The van der Waals surface area contributed by atoms with Crippen molar-refractivity contribution in [3.05, 3.63) is 12.4 Å². The van der Waals surface area contributed by atoms with Gasteiger partial charge in [0.05, 0.1) is 12.4 Å². The van der Waals surface area contributed by atoms with Crippen molar-refractivity contribution >= 4 is 11.6 Å². The Morgan fingerprint density at radius 3 is 2.71 bits per heavy atom. The third-order valence-electron chi connectivity index (χ3n) is 3.61. The van der Waals surface area contributed by atoms with Gasteiger partial charge >= 0.3 is 0 Å². The Hall–Kier alpha value is -1.32. The molecule has 17 heavy (non-hydrogen) atoms. The van der Waals surface area contributed by atoms with Crippen molar-refractivity contribution in [2.45, 2.75) is 27.2 Å². The van der Waals surface area contributed by atoms with Gasteiger partial charge in [-0.15, -0.1) is 0 Å². The van der Waals surface area contributed by atoms with Crippen LogP contribution in [-0.2, 0) is 0 Å². The number of nitrogens with zero attached hydrogens (tertiary/aromatic N) is 3. The van der Waals surface area contributed by atoms with E-state index in [0.717, 1.165) is 30.6 Å². The molecule has 1 aliphatic heterocycles. The lowest BCUT2D eigenvalue weighted by atomic mass is 9.80. The summed E-state index contributed by atoms with van der Waals surface area (Å²) >= 11 is 0. The average molecular weight is 234 g/mol.